The molecule has 8 nitrogen and oxygen atoms in total. The van der Waals surface area contributed by atoms with E-state index in [0.29, 0.717) is 12.8 Å². The van der Waals surface area contributed by atoms with Gasteiger partial charge in [0.15, 0.2) is 0 Å². The van der Waals surface area contributed by atoms with Crippen molar-refractivity contribution in [1.82, 2.24) is 5.32 Å². The van der Waals surface area contributed by atoms with Crippen LogP contribution in [0.15, 0.2) is 58.5 Å². The minimum absolute atomic E-state index is 0.0114. The van der Waals surface area contributed by atoms with Crippen molar-refractivity contribution < 1.29 is 14.5 Å². The van der Waals surface area contributed by atoms with E-state index in [1.165, 1.54) is 0 Å². The van der Waals surface area contributed by atoms with Crippen molar-refractivity contribution in [2.45, 2.75) is 84.3 Å². The average Bonchev–Trinajstić information content (AvgIpc) is 3.20. The molecular formula is C29H38N4O4Se. The van der Waals surface area contributed by atoms with Crippen LogP contribution in [0.5, 0.6) is 0 Å². The fraction of sp³-hybridized carbons (Fsp3) is 0.483. The Morgan fingerprint density at radius 3 is 2.34 bits per heavy atom. The fourth-order valence-corrected chi connectivity index (χ4v) is 6.53. The van der Waals surface area contributed by atoms with E-state index in [4.69, 9.17) is 14.7 Å². The first-order valence-corrected chi connectivity index (χ1v) is 14.9. The molecule has 38 heavy (non-hydrogen) atoms. The van der Waals surface area contributed by atoms with Gasteiger partial charge in [-0.25, -0.2) is 0 Å². The van der Waals surface area contributed by atoms with Gasteiger partial charge in [-0.05, 0) is 0 Å². The number of carbonyl (C=O) groups is 1. The zero-order valence-electron chi connectivity index (χ0n) is 23.3. The predicted molar refractivity (Wildman–Crippen MR) is 154 cm³/mol. The van der Waals surface area contributed by atoms with Gasteiger partial charge in [0.25, 0.3) is 0 Å². The van der Waals surface area contributed by atoms with Gasteiger partial charge >= 0.3 is 211 Å². The van der Waals surface area contributed by atoms with Gasteiger partial charge in [-0.3, -0.25) is 0 Å². The topological polar surface area (TPSA) is 106 Å². The van der Waals surface area contributed by atoms with E-state index in [2.05, 4.69) is 26.1 Å². The average molecular weight is 586 g/mol. The Morgan fingerprint density at radius 2 is 1.76 bits per heavy atom. The molecule has 0 saturated heterocycles. The van der Waals surface area contributed by atoms with E-state index >= 15 is 0 Å². The molecule has 1 amide bonds. The third kappa shape index (κ3) is 8.50. The summed E-state index contributed by atoms with van der Waals surface area (Å²) in [7, 11) is 0. The van der Waals surface area contributed by atoms with Crippen molar-refractivity contribution in [3.05, 3.63) is 69.8 Å². The Bertz CT molecular complexity index is 1210. The summed E-state index contributed by atoms with van der Waals surface area (Å²) in [5.41, 5.74) is 2.63. The van der Waals surface area contributed by atoms with Crippen LogP contribution in [0.3, 0.4) is 0 Å². The Morgan fingerprint density at radius 1 is 1.11 bits per heavy atom. The van der Waals surface area contributed by atoms with Crippen molar-refractivity contribution in [1.29, 1.82) is 0 Å². The standard InChI is InChI=1S/C29H38N4O4Se/c1-19-25(28(2,3)4)32-26(30-19)21-14-12-20(13-15-21)18-22(31-27(34)37-29(5,6)7)16-17-38-24-11-9-8-10-23(24)33(35)36/h8-15,22,25H,16-18H2,1-7H3,(H,31,34)/t22-,25?/m1/s1. The van der Waals surface area contributed by atoms with Crippen LogP contribution in [0, 0.1) is 15.5 Å². The van der Waals surface area contributed by atoms with Crippen molar-refractivity contribution in [3.63, 3.8) is 0 Å². The molecule has 0 aromatic heterocycles. The summed E-state index contributed by atoms with van der Waals surface area (Å²) < 4.78 is 6.25. The second-order valence-corrected chi connectivity index (χ2v) is 14.0. The molecule has 3 rings (SSSR count). The molecule has 0 radical (unpaired) electrons. The molecule has 1 heterocycles. The van der Waals surface area contributed by atoms with Gasteiger partial charge in [0.1, 0.15) is 0 Å². The van der Waals surface area contributed by atoms with Crippen LogP contribution in [0.1, 0.15) is 66.0 Å². The number of alkyl carbamates (subject to hydrolysis) is 1. The number of benzene rings is 2. The van der Waals surface area contributed by atoms with Crippen LogP contribution < -0.4 is 9.78 Å². The second-order valence-electron chi connectivity index (χ2n) is 11.6. The molecule has 1 unspecified atom stereocenters. The number of carbonyl (C=O) groups excluding carboxylic acids is 1. The zero-order valence-corrected chi connectivity index (χ0v) is 25.0. The Balaban J connectivity index is 1.71. The summed E-state index contributed by atoms with van der Waals surface area (Å²) in [5.74, 6) is 0.754. The number of nitro benzene ring substituents is 1. The van der Waals surface area contributed by atoms with Crippen LogP contribution in [0.4, 0.5) is 10.5 Å². The van der Waals surface area contributed by atoms with Crippen LogP contribution >= 0.6 is 0 Å². The van der Waals surface area contributed by atoms with Crippen LogP contribution in [-0.2, 0) is 11.2 Å². The molecule has 0 spiro atoms. The maximum atomic E-state index is 12.6. The molecule has 2 aromatic rings. The third-order valence-corrected chi connectivity index (χ3v) is 8.25. The summed E-state index contributed by atoms with van der Waals surface area (Å²) in [4.78, 5) is 33.2. The van der Waals surface area contributed by atoms with Crippen molar-refractivity contribution in [2.24, 2.45) is 15.4 Å². The second kappa shape index (κ2) is 12.2. The zero-order chi connectivity index (χ0) is 28.1. The Labute approximate surface area is 231 Å². The number of aliphatic imine (C=N–C) groups is 2. The van der Waals surface area contributed by atoms with Gasteiger partial charge in [-0.2, -0.15) is 0 Å². The van der Waals surface area contributed by atoms with Gasteiger partial charge in [0.2, 0.25) is 0 Å². The van der Waals surface area contributed by atoms with Crippen LogP contribution in [-0.4, -0.2) is 55.2 Å². The first-order valence-electron chi connectivity index (χ1n) is 12.8. The van der Waals surface area contributed by atoms with Gasteiger partial charge in [0.05, 0.1) is 0 Å². The molecule has 1 N–H and O–H groups in total. The molecule has 0 aliphatic carbocycles. The van der Waals surface area contributed by atoms with Crippen molar-refractivity contribution in [2.75, 3.05) is 0 Å². The molecule has 1 aliphatic heterocycles. The molecule has 1 aliphatic rings. The number of amidine groups is 1. The minimum Gasteiger partial charge on any atom is -0.0577 e. The summed E-state index contributed by atoms with van der Waals surface area (Å²) in [5, 5.41) is 15.1. The van der Waals surface area contributed by atoms with Crippen molar-refractivity contribution >= 4 is 42.7 Å². The molecule has 0 bridgehead atoms. The Hall–Kier alpha value is -3.03. The maximum absolute atomic E-state index is 12.6. The number of ether oxygens (including phenoxy) is 1. The van der Waals surface area contributed by atoms with Crippen LogP contribution in [0.2, 0.25) is 5.32 Å². The van der Waals surface area contributed by atoms with Gasteiger partial charge in [-0.15, -0.1) is 0 Å². The minimum atomic E-state index is -0.601. The number of hydrogen-bond acceptors (Lipinski definition) is 6. The van der Waals surface area contributed by atoms with E-state index in [1.54, 1.807) is 12.1 Å². The molecular weight excluding hydrogens is 547 g/mol. The number of nitro groups is 1. The first-order chi connectivity index (χ1) is 17.7. The summed E-state index contributed by atoms with van der Waals surface area (Å²) >= 11 is -0.0958. The van der Waals surface area contributed by atoms with E-state index in [0.717, 1.165) is 32.5 Å². The molecule has 2 atom stereocenters. The summed E-state index contributed by atoms with van der Waals surface area (Å²) in [6, 6.07) is 14.9. The number of amides is 1. The third-order valence-electron chi connectivity index (χ3n) is 5.95. The van der Waals surface area contributed by atoms with E-state index in [-0.39, 0.29) is 43.1 Å². The van der Waals surface area contributed by atoms with E-state index in [9.17, 15) is 14.9 Å². The Kier molecular flexibility index (Phi) is 9.49. The molecule has 204 valence electrons. The molecule has 0 saturated carbocycles. The summed E-state index contributed by atoms with van der Waals surface area (Å²) in [6.07, 6.45) is 0.832. The molecule has 0 fully saturated rings. The molecule has 2 aromatic carbocycles. The van der Waals surface area contributed by atoms with E-state index < -0.39 is 11.7 Å². The number of nitrogens with one attached hydrogen (secondary N) is 1. The molecule has 9 heteroatoms. The fourth-order valence-electron chi connectivity index (χ4n) is 4.25. The predicted octanol–water partition coefficient (Wildman–Crippen LogP) is 5.50. The number of nitrogens with zero attached hydrogens (tertiary/aromatic N) is 3. The van der Waals surface area contributed by atoms with Crippen molar-refractivity contribution in [3.8, 4) is 0 Å². The van der Waals surface area contributed by atoms with Gasteiger partial charge in [-0.1, -0.05) is 20.8 Å². The number of hydrogen-bond donors (Lipinski definition) is 1. The van der Waals surface area contributed by atoms with Gasteiger partial charge < -0.3 is 0 Å². The summed E-state index contributed by atoms with van der Waals surface area (Å²) in [6.45, 7) is 14.0. The van der Waals surface area contributed by atoms with Crippen LogP contribution in [0.25, 0.3) is 0 Å². The normalized spacial score (nSPS) is 16.4. The number of para-hydroxylation sites is 1. The first kappa shape index (κ1) is 29.5. The smallest absolute Gasteiger partial charge is 0.0577 e. The van der Waals surface area contributed by atoms with E-state index in [1.807, 2.05) is 64.1 Å². The number of rotatable bonds is 9. The SMILES string of the molecule is CC1=NC(c2ccc(C[C@@H](CC[Se]c3ccccc3[N+](=O)[O-])NC(=O)OC(C)(C)C)cc2)=NC1C(C)(C)C. The quantitative estimate of drug-likeness (QED) is 0.238. The monoisotopic (exact) mass is 586 g/mol. The van der Waals surface area contributed by atoms with Gasteiger partial charge in [0, 0.05) is 0 Å².